The van der Waals surface area contributed by atoms with Gasteiger partial charge in [0.15, 0.2) is 5.58 Å². The molecule has 51 heavy (non-hydrogen) atoms. The average Bonchev–Trinajstić information content (AvgIpc) is 3.90. The van der Waals surface area contributed by atoms with Crippen LogP contribution in [0.5, 0.6) is 0 Å². The Morgan fingerprint density at radius 2 is 1.00 bits per heavy atom. The van der Waals surface area contributed by atoms with Crippen molar-refractivity contribution in [1.82, 2.24) is 9.13 Å². The summed E-state index contributed by atoms with van der Waals surface area (Å²) in [6, 6.07) is 50.6. The zero-order valence-electron chi connectivity index (χ0n) is 32.2. The number of rotatable bonds is 4. The van der Waals surface area contributed by atoms with Gasteiger partial charge in [-0.15, -0.1) is 0 Å². The van der Waals surface area contributed by atoms with Crippen LogP contribution in [0.15, 0.2) is 186 Å². The highest BCUT2D eigenvalue weighted by atomic mass is 16.3. The summed E-state index contributed by atoms with van der Waals surface area (Å²) in [5.74, 6) is 0. The van der Waals surface area contributed by atoms with Gasteiger partial charge in [0.05, 0.1) is 34.6 Å². The number of furan rings is 1. The summed E-state index contributed by atoms with van der Waals surface area (Å²) in [6.45, 7) is 0. The summed E-state index contributed by atoms with van der Waals surface area (Å²) in [7, 11) is 0. The maximum atomic E-state index is 8.77. The molecular weight excluding hydrogens is 621 g/mol. The van der Waals surface area contributed by atoms with E-state index in [1.165, 1.54) is 0 Å². The van der Waals surface area contributed by atoms with Gasteiger partial charge in [-0.1, -0.05) is 121 Å². The second-order valence-corrected chi connectivity index (χ2v) is 12.9. The lowest BCUT2D eigenvalue weighted by molar-refractivity contribution is 0.666. The molecule has 0 spiro atoms. The van der Waals surface area contributed by atoms with Gasteiger partial charge in [-0.2, -0.15) is 0 Å². The lowest BCUT2D eigenvalue weighted by Gasteiger charge is -2.12. The fourth-order valence-corrected chi connectivity index (χ4v) is 8.01. The molecule has 0 atom stereocenters. The van der Waals surface area contributed by atoms with E-state index in [2.05, 4.69) is 102 Å². The van der Waals surface area contributed by atoms with Gasteiger partial charge >= 0.3 is 0 Å². The monoisotopic (exact) mass is 655 g/mol. The summed E-state index contributed by atoms with van der Waals surface area (Å²) in [5, 5.41) is 6.26. The Balaban J connectivity index is 1.13. The van der Waals surface area contributed by atoms with E-state index in [0.29, 0.717) is 0 Å². The highest BCUT2D eigenvalue weighted by molar-refractivity contribution is 6.17. The lowest BCUT2D eigenvalue weighted by atomic mass is 9.98. The third-order valence-corrected chi connectivity index (χ3v) is 10.2. The Morgan fingerprint density at radius 1 is 0.431 bits per heavy atom. The maximum Gasteiger partial charge on any atom is 0.160 e. The number of aromatic nitrogens is 2. The van der Waals surface area contributed by atoms with Gasteiger partial charge < -0.3 is 13.6 Å². The number of hydrogen-bond donors (Lipinski definition) is 0. The van der Waals surface area contributed by atoms with Crippen molar-refractivity contribution >= 4 is 65.6 Å². The molecule has 0 aliphatic heterocycles. The fourth-order valence-electron chi connectivity index (χ4n) is 8.01. The fraction of sp³-hybridized carbons (Fsp3) is 0. The summed E-state index contributed by atoms with van der Waals surface area (Å²) in [5.41, 5.74) is 10.8. The van der Waals surface area contributed by atoms with Crippen molar-refractivity contribution in [2.75, 3.05) is 0 Å². The highest BCUT2D eigenvalue weighted by Crippen LogP contribution is 2.43. The van der Waals surface area contributed by atoms with E-state index < -0.39 is 6.04 Å². The summed E-state index contributed by atoms with van der Waals surface area (Å²) in [4.78, 5) is 0. The average molecular weight is 656 g/mol. The van der Waals surface area contributed by atoms with Crippen molar-refractivity contribution in [3.8, 4) is 33.6 Å². The lowest BCUT2D eigenvalue weighted by Crippen LogP contribution is -1.95. The molecule has 0 unspecified atom stereocenters. The Bertz CT molecular complexity index is 3400. The van der Waals surface area contributed by atoms with Gasteiger partial charge in [-0.25, -0.2) is 0 Å². The number of fused-ring (bicyclic) bond motifs is 9. The van der Waals surface area contributed by atoms with Gasteiger partial charge in [0, 0.05) is 38.0 Å². The van der Waals surface area contributed by atoms with Gasteiger partial charge in [0.1, 0.15) is 5.58 Å². The van der Waals surface area contributed by atoms with Crippen LogP contribution in [0.2, 0.25) is 0 Å². The van der Waals surface area contributed by atoms with E-state index in [1.54, 1.807) is 4.57 Å². The first kappa shape index (κ1) is 23.5. The molecule has 0 fully saturated rings. The van der Waals surface area contributed by atoms with Gasteiger partial charge in [-0.3, -0.25) is 0 Å². The molecule has 3 nitrogen and oxygen atoms in total. The van der Waals surface area contributed by atoms with Crippen molar-refractivity contribution in [2.24, 2.45) is 0 Å². The minimum Gasteiger partial charge on any atom is -0.454 e. The molecule has 0 N–H and O–H groups in total. The Morgan fingerprint density at radius 3 is 1.71 bits per heavy atom. The standard InChI is InChI=1S/C48H30N2O/c1-3-13-31(14-4-1)35-25-28-45(48-47(35)38-19-9-12-22-46(38)51-48)50-42-21-11-8-18-37(42)40-30-33(24-27-44(40)50)32-23-26-43-39(29-32)36-17-7-10-20-41(36)49(43)34-15-5-2-6-16-34/h1-30H/i2D,5D,6D,15D,16D. The van der Waals surface area contributed by atoms with Crippen LogP contribution in [0.25, 0.3) is 99.2 Å². The molecule has 0 bridgehead atoms. The molecule has 3 aromatic heterocycles. The van der Waals surface area contributed by atoms with Crippen LogP contribution in [-0.2, 0) is 0 Å². The summed E-state index contributed by atoms with van der Waals surface area (Å²) >= 11 is 0. The first-order chi connectivity index (χ1) is 27.4. The molecule has 0 radical (unpaired) electrons. The van der Waals surface area contributed by atoms with Crippen LogP contribution in [0.4, 0.5) is 0 Å². The molecule has 0 aliphatic carbocycles. The predicted octanol–water partition coefficient (Wildman–Crippen LogP) is 13.1. The zero-order valence-corrected chi connectivity index (χ0v) is 27.2. The number of benzene rings is 8. The summed E-state index contributed by atoms with van der Waals surface area (Å²) in [6.07, 6.45) is 0. The Kier molecular flexibility index (Phi) is 4.99. The SMILES string of the molecule is [2H]c1c([2H])c([2H])c(-n2c3ccccc3c3cc(-c4ccc5c(c4)c4ccccc4n5-c4ccc(-c5ccccc5)c5c4oc4ccccc45)ccc32)c([2H])c1[2H]. The van der Waals surface area contributed by atoms with E-state index in [4.69, 9.17) is 11.3 Å². The number of para-hydroxylation sites is 4. The molecule has 238 valence electrons. The number of nitrogens with zero attached hydrogens (tertiary/aromatic N) is 2. The van der Waals surface area contributed by atoms with E-state index in [0.717, 1.165) is 93.5 Å². The minimum atomic E-state index is -0.408. The van der Waals surface area contributed by atoms with Crippen LogP contribution in [0, 0.1) is 0 Å². The molecular formula is C48H30N2O. The van der Waals surface area contributed by atoms with E-state index in [9.17, 15) is 0 Å². The van der Waals surface area contributed by atoms with Crippen LogP contribution >= 0.6 is 0 Å². The van der Waals surface area contributed by atoms with Gasteiger partial charge in [0.2, 0.25) is 0 Å². The first-order valence-corrected chi connectivity index (χ1v) is 17.0. The van der Waals surface area contributed by atoms with Crippen molar-refractivity contribution in [2.45, 2.75) is 0 Å². The molecule has 8 aromatic carbocycles. The molecule has 0 saturated carbocycles. The molecule has 0 aliphatic rings. The number of hydrogen-bond acceptors (Lipinski definition) is 1. The third kappa shape index (κ3) is 4.12. The smallest absolute Gasteiger partial charge is 0.160 e. The molecule has 11 rings (SSSR count). The minimum absolute atomic E-state index is 0.138. The van der Waals surface area contributed by atoms with Crippen molar-refractivity contribution in [3.63, 3.8) is 0 Å². The second-order valence-electron chi connectivity index (χ2n) is 12.9. The van der Waals surface area contributed by atoms with E-state index in [1.807, 2.05) is 54.6 Å². The maximum absolute atomic E-state index is 8.77. The summed E-state index contributed by atoms with van der Waals surface area (Å²) < 4.78 is 53.3. The van der Waals surface area contributed by atoms with Gasteiger partial charge in [-0.05, 0) is 82.9 Å². The quantitative estimate of drug-likeness (QED) is 0.185. The Labute approximate surface area is 300 Å². The largest absolute Gasteiger partial charge is 0.454 e. The van der Waals surface area contributed by atoms with Crippen molar-refractivity contribution < 1.29 is 11.3 Å². The predicted molar refractivity (Wildman–Crippen MR) is 213 cm³/mol. The second kappa shape index (κ2) is 10.8. The first-order valence-electron chi connectivity index (χ1n) is 19.5. The van der Waals surface area contributed by atoms with Crippen molar-refractivity contribution in [1.29, 1.82) is 0 Å². The van der Waals surface area contributed by atoms with Crippen molar-refractivity contribution in [3.05, 3.63) is 182 Å². The molecule has 11 aromatic rings. The molecule has 0 saturated heterocycles. The Hall–Kier alpha value is -6.84. The van der Waals surface area contributed by atoms with Gasteiger partial charge in [0.25, 0.3) is 0 Å². The van der Waals surface area contributed by atoms with E-state index >= 15 is 0 Å². The van der Waals surface area contributed by atoms with Crippen LogP contribution in [0.3, 0.4) is 0 Å². The normalized spacial score (nSPS) is 13.3. The third-order valence-electron chi connectivity index (χ3n) is 10.2. The highest BCUT2D eigenvalue weighted by Gasteiger charge is 2.21. The van der Waals surface area contributed by atoms with Crippen LogP contribution in [0.1, 0.15) is 6.85 Å². The molecule has 3 heteroatoms. The molecule has 0 amide bonds. The zero-order chi connectivity index (χ0) is 37.8. The molecule has 3 heterocycles. The van der Waals surface area contributed by atoms with Crippen LogP contribution < -0.4 is 0 Å². The topological polar surface area (TPSA) is 23.0 Å². The van der Waals surface area contributed by atoms with E-state index in [-0.39, 0.29) is 29.9 Å². The van der Waals surface area contributed by atoms with Crippen LogP contribution in [-0.4, -0.2) is 9.13 Å².